The van der Waals surface area contributed by atoms with Gasteiger partial charge >= 0.3 is 0 Å². The summed E-state index contributed by atoms with van der Waals surface area (Å²) in [7, 11) is 0. The predicted molar refractivity (Wildman–Crippen MR) is 84.4 cm³/mol. The van der Waals surface area contributed by atoms with E-state index in [1.807, 2.05) is 18.2 Å². The Kier molecular flexibility index (Phi) is 6.30. The molecule has 0 radical (unpaired) electrons. The second-order valence-corrected chi connectivity index (χ2v) is 6.13. The molecule has 0 aliphatic carbocycles. The van der Waals surface area contributed by atoms with Gasteiger partial charge in [0.1, 0.15) is 0 Å². The van der Waals surface area contributed by atoms with Crippen LogP contribution in [0.15, 0.2) is 24.3 Å². The van der Waals surface area contributed by atoms with Gasteiger partial charge in [-0.25, -0.2) is 0 Å². The molecule has 1 aromatic rings. The van der Waals surface area contributed by atoms with E-state index >= 15 is 0 Å². The lowest BCUT2D eigenvalue weighted by molar-refractivity contribution is 0.0708. The van der Waals surface area contributed by atoms with Gasteiger partial charge in [-0.2, -0.15) is 0 Å². The molecule has 3 nitrogen and oxygen atoms in total. The van der Waals surface area contributed by atoms with Gasteiger partial charge in [0.25, 0.3) is 0 Å². The van der Waals surface area contributed by atoms with E-state index < -0.39 is 0 Å². The summed E-state index contributed by atoms with van der Waals surface area (Å²) in [4.78, 5) is 0. The van der Waals surface area contributed by atoms with Crippen LogP contribution in [-0.4, -0.2) is 37.9 Å². The summed E-state index contributed by atoms with van der Waals surface area (Å²) < 4.78 is 5.49. The second-order valence-electron chi connectivity index (χ2n) is 5.73. The largest absolute Gasteiger partial charge is 0.379 e. The lowest BCUT2D eigenvalue weighted by Gasteiger charge is -2.28. The van der Waals surface area contributed by atoms with Crippen LogP contribution in [0.1, 0.15) is 25.8 Å². The zero-order chi connectivity index (χ0) is 14.4. The summed E-state index contributed by atoms with van der Waals surface area (Å²) in [6, 6.07) is 9.42. The van der Waals surface area contributed by atoms with Gasteiger partial charge in [0.05, 0.1) is 13.2 Å². The summed E-state index contributed by atoms with van der Waals surface area (Å²) in [5, 5.41) is 8.00. The quantitative estimate of drug-likeness (QED) is 0.847. The summed E-state index contributed by atoms with van der Waals surface area (Å²) in [5.74, 6) is 0. The van der Waals surface area contributed by atoms with Crippen molar-refractivity contribution in [2.24, 2.45) is 0 Å². The molecule has 0 spiro atoms. The van der Waals surface area contributed by atoms with E-state index in [2.05, 4.69) is 30.5 Å². The third kappa shape index (κ3) is 5.06. The van der Waals surface area contributed by atoms with Crippen molar-refractivity contribution >= 4 is 11.6 Å². The van der Waals surface area contributed by atoms with Crippen molar-refractivity contribution in [3.63, 3.8) is 0 Å². The molecule has 0 amide bonds. The minimum Gasteiger partial charge on any atom is -0.379 e. The number of hydrogen-bond donors (Lipinski definition) is 2. The highest BCUT2D eigenvalue weighted by molar-refractivity contribution is 6.31. The third-order valence-electron chi connectivity index (χ3n) is 3.69. The third-order valence-corrected chi connectivity index (χ3v) is 4.06. The fourth-order valence-corrected chi connectivity index (χ4v) is 3.02. The Hall–Kier alpha value is -0.610. The molecular formula is C16H25ClN2O. The van der Waals surface area contributed by atoms with Crippen LogP contribution in [0.2, 0.25) is 5.02 Å². The topological polar surface area (TPSA) is 33.3 Å². The Morgan fingerprint density at radius 1 is 1.35 bits per heavy atom. The molecular weight excluding hydrogens is 272 g/mol. The first-order valence-electron chi connectivity index (χ1n) is 7.45. The summed E-state index contributed by atoms with van der Waals surface area (Å²) in [6.07, 6.45) is 2.05. The summed E-state index contributed by atoms with van der Waals surface area (Å²) in [5.41, 5.74) is 1.21. The number of benzene rings is 1. The van der Waals surface area contributed by atoms with Crippen molar-refractivity contribution in [2.75, 3.05) is 19.8 Å². The fraction of sp³-hybridized carbons (Fsp3) is 0.625. The van der Waals surface area contributed by atoms with Crippen LogP contribution in [0.25, 0.3) is 0 Å². The second kappa shape index (κ2) is 7.99. The number of rotatable bonds is 6. The highest BCUT2D eigenvalue weighted by Crippen LogP contribution is 2.17. The van der Waals surface area contributed by atoms with Crippen LogP contribution in [-0.2, 0) is 11.2 Å². The molecule has 1 aliphatic heterocycles. The number of halogens is 1. The van der Waals surface area contributed by atoms with Crippen molar-refractivity contribution in [2.45, 2.75) is 44.8 Å². The van der Waals surface area contributed by atoms with E-state index in [1.165, 1.54) is 5.56 Å². The van der Waals surface area contributed by atoms with Gasteiger partial charge in [-0.15, -0.1) is 0 Å². The molecule has 2 rings (SSSR count). The molecule has 2 N–H and O–H groups in total. The lowest BCUT2D eigenvalue weighted by Crippen LogP contribution is -2.46. The molecule has 112 valence electrons. The van der Waals surface area contributed by atoms with Gasteiger partial charge in [0.2, 0.25) is 0 Å². The average molecular weight is 297 g/mol. The standard InChI is InChI=1S/C16H25ClN2O/c1-12(9-14-5-3-4-6-16(14)17)19-13(2)10-15-11-20-8-7-18-15/h3-6,12-13,15,18-19H,7-11H2,1-2H3. The lowest BCUT2D eigenvalue weighted by atomic mass is 10.0. The smallest absolute Gasteiger partial charge is 0.0620 e. The van der Waals surface area contributed by atoms with Gasteiger partial charge in [-0.1, -0.05) is 29.8 Å². The van der Waals surface area contributed by atoms with Crippen LogP contribution >= 0.6 is 11.6 Å². The molecule has 4 heteroatoms. The monoisotopic (exact) mass is 296 g/mol. The van der Waals surface area contributed by atoms with Gasteiger partial charge < -0.3 is 15.4 Å². The summed E-state index contributed by atoms with van der Waals surface area (Å²) >= 11 is 6.21. The molecule has 3 unspecified atom stereocenters. The van der Waals surface area contributed by atoms with Crippen LogP contribution in [0.4, 0.5) is 0 Å². The minimum absolute atomic E-state index is 0.411. The number of ether oxygens (including phenoxy) is 1. The predicted octanol–water partition coefficient (Wildman–Crippen LogP) is 2.63. The number of morpholine rings is 1. The van der Waals surface area contributed by atoms with Crippen LogP contribution in [0, 0.1) is 0 Å². The summed E-state index contributed by atoms with van der Waals surface area (Å²) in [6.45, 7) is 7.07. The molecule has 1 fully saturated rings. The van der Waals surface area contributed by atoms with E-state index in [0.29, 0.717) is 18.1 Å². The minimum atomic E-state index is 0.411. The first kappa shape index (κ1) is 15.8. The molecule has 3 atom stereocenters. The maximum Gasteiger partial charge on any atom is 0.0620 e. The normalized spacial score (nSPS) is 22.4. The molecule has 0 bridgehead atoms. The average Bonchev–Trinajstić information content (AvgIpc) is 2.42. The molecule has 1 saturated heterocycles. The molecule has 0 aromatic heterocycles. The highest BCUT2D eigenvalue weighted by atomic mass is 35.5. The van der Waals surface area contributed by atoms with Crippen molar-refractivity contribution in [3.05, 3.63) is 34.9 Å². The van der Waals surface area contributed by atoms with Crippen LogP contribution in [0.3, 0.4) is 0 Å². The van der Waals surface area contributed by atoms with Gasteiger partial charge in [0.15, 0.2) is 0 Å². The van der Waals surface area contributed by atoms with Crippen molar-refractivity contribution in [3.8, 4) is 0 Å². The van der Waals surface area contributed by atoms with E-state index in [9.17, 15) is 0 Å². The number of nitrogens with one attached hydrogen (secondary N) is 2. The SMILES string of the molecule is CC(Cc1ccccc1Cl)NC(C)CC1COCCN1. The molecule has 1 aliphatic rings. The van der Waals surface area contributed by atoms with Gasteiger partial charge in [-0.05, 0) is 38.3 Å². The Morgan fingerprint density at radius 2 is 2.15 bits per heavy atom. The Morgan fingerprint density at radius 3 is 2.85 bits per heavy atom. The Bertz CT molecular complexity index is 407. The maximum atomic E-state index is 6.21. The Labute approximate surface area is 127 Å². The number of hydrogen-bond acceptors (Lipinski definition) is 3. The first-order chi connectivity index (χ1) is 9.65. The molecule has 20 heavy (non-hydrogen) atoms. The van der Waals surface area contributed by atoms with Gasteiger partial charge in [0, 0.05) is 29.7 Å². The zero-order valence-corrected chi connectivity index (χ0v) is 13.1. The Balaban J connectivity index is 1.75. The highest BCUT2D eigenvalue weighted by Gasteiger charge is 2.17. The van der Waals surface area contributed by atoms with Crippen molar-refractivity contribution < 1.29 is 4.74 Å². The van der Waals surface area contributed by atoms with Crippen molar-refractivity contribution in [1.82, 2.24) is 10.6 Å². The fourth-order valence-electron chi connectivity index (χ4n) is 2.80. The zero-order valence-electron chi connectivity index (χ0n) is 12.4. The molecule has 0 saturated carbocycles. The van der Waals surface area contributed by atoms with Crippen LogP contribution < -0.4 is 10.6 Å². The van der Waals surface area contributed by atoms with E-state index in [0.717, 1.165) is 37.6 Å². The van der Waals surface area contributed by atoms with Crippen LogP contribution in [0.5, 0.6) is 0 Å². The maximum absolute atomic E-state index is 6.21. The molecule has 1 heterocycles. The van der Waals surface area contributed by atoms with Crippen molar-refractivity contribution in [1.29, 1.82) is 0 Å². The van der Waals surface area contributed by atoms with Gasteiger partial charge in [-0.3, -0.25) is 0 Å². The van der Waals surface area contributed by atoms with E-state index in [1.54, 1.807) is 0 Å². The molecule has 1 aromatic carbocycles. The first-order valence-corrected chi connectivity index (χ1v) is 7.83. The van der Waals surface area contributed by atoms with E-state index in [-0.39, 0.29) is 0 Å². The van der Waals surface area contributed by atoms with E-state index in [4.69, 9.17) is 16.3 Å².